The number of aryl methyl sites for hydroxylation is 1. The second-order valence-corrected chi connectivity index (χ2v) is 9.21. The van der Waals surface area contributed by atoms with Gasteiger partial charge in [-0.2, -0.15) is 0 Å². The van der Waals surface area contributed by atoms with E-state index < -0.39 is 0 Å². The number of hydrogen-bond acceptors (Lipinski definition) is 7. The van der Waals surface area contributed by atoms with Crippen LogP contribution in [0.3, 0.4) is 0 Å². The Kier molecular flexibility index (Phi) is 5.93. The van der Waals surface area contributed by atoms with E-state index in [0.717, 1.165) is 16.9 Å². The van der Waals surface area contributed by atoms with Gasteiger partial charge in [-0.25, -0.2) is 9.37 Å². The first-order valence-electron chi connectivity index (χ1n) is 10.1. The minimum atomic E-state index is -0.332. The first kappa shape index (κ1) is 21.4. The predicted octanol–water partition coefficient (Wildman–Crippen LogP) is 5.37. The van der Waals surface area contributed by atoms with Gasteiger partial charge < -0.3 is 9.73 Å². The Morgan fingerprint density at radius 3 is 2.82 bits per heavy atom. The fraction of sp³-hybridized carbons (Fsp3) is 0.130. The summed E-state index contributed by atoms with van der Waals surface area (Å²) in [6.07, 6.45) is 1.62. The number of furan rings is 1. The first-order chi connectivity index (χ1) is 16.1. The smallest absolute Gasteiger partial charge is 0.236 e. The molecular weight excluding hydrogens is 461 g/mol. The quantitative estimate of drug-likeness (QED) is 0.316. The van der Waals surface area contributed by atoms with Crippen LogP contribution in [0.15, 0.2) is 70.4 Å². The lowest BCUT2D eigenvalue weighted by Gasteiger charge is -2.10. The number of rotatable bonds is 7. The zero-order valence-corrected chi connectivity index (χ0v) is 19.1. The lowest BCUT2D eigenvalue weighted by atomic mass is 10.2. The summed E-state index contributed by atoms with van der Waals surface area (Å²) in [5.74, 6) is 0.997. The number of fused-ring (bicyclic) bond motifs is 1. The van der Waals surface area contributed by atoms with Crippen LogP contribution in [0.1, 0.15) is 11.3 Å². The number of carbonyl (C=O) groups is 1. The van der Waals surface area contributed by atoms with Gasteiger partial charge in [0.1, 0.15) is 11.6 Å². The third kappa shape index (κ3) is 4.67. The highest BCUT2D eigenvalue weighted by Crippen LogP contribution is 2.29. The largest absolute Gasteiger partial charge is 0.469 e. The molecule has 1 amide bonds. The van der Waals surface area contributed by atoms with Crippen molar-refractivity contribution in [3.8, 4) is 11.4 Å². The molecule has 0 atom stereocenters. The highest BCUT2D eigenvalue weighted by atomic mass is 32.2. The highest BCUT2D eigenvalue weighted by molar-refractivity contribution is 7.99. The van der Waals surface area contributed by atoms with Crippen molar-refractivity contribution in [2.75, 3.05) is 11.1 Å². The summed E-state index contributed by atoms with van der Waals surface area (Å²) in [6.45, 7) is 2.43. The molecule has 33 heavy (non-hydrogen) atoms. The van der Waals surface area contributed by atoms with Crippen LogP contribution in [0.4, 0.5) is 9.52 Å². The van der Waals surface area contributed by atoms with Gasteiger partial charge >= 0.3 is 0 Å². The Balaban J connectivity index is 1.34. The van der Waals surface area contributed by atoms with Gasteiger partial charge in [-0.1, -0.05) is 53.4 Å². The van der Waals surface area contributed by atoms with Crippen molar-refractivity contribution in [3.05, 3.63) is 78.0 Å². The SMILES string of the molecule is Cc1occc1-c1nnc(SCC(=O)Nc2nc3ccc(F)cc3s2)n1Cc1ccccc1. The molecule has 10 heteroatoms. The molecule has 5 aromatic rings. The fourth-order valence-corrected chi connectivity index (χ4v) is 5.00. The summed E-state index contributed by atoms with van der Waals surface area (Å²) in [7, 11) is 0. The monoisotopic (exact) mass is 479 g/mol. The summed E-state index contributed by atoms with van der Waals surface area (Å²) in [5.41, 5.74) is 2.59. The van der Waals surface area contributed by atoms with E-state index in [4.69, 9.17) is 4.42 Å². The summed E-state index contributed by atoms with van der Waals surface area (Å²) in [4.78, 5) is 16.9. The maximum absolute atomic E-state index is 13.4. The van der Waals surface area contributed by atoms with Crippen LogP contribution in [0.2, 0.25) is 0 Å². The summed E-state index contributed by atoms with van der Waals surface area (Å²) in [5, 5.41) is 12.5. The van der Waals surface area contributed by atoms with Gasteiger partial charge in [0.05, 0.1) is 34.3 Å². The van der Waals surface area contributed by atoms with Gasteiger partial charge in [-0.15, -0.1) is 10.2 Å². The normalized spacial score (nSPS) is 11.2. The zero-order chi connectivity index (χ0) is 22.8. The van der Waals surface area contributed by atoms with Crippen LogP contribution < -0.4 is 5.32 Å². The van der Waals surface area contributed by atoms with E-state index in [1.807, 2.05) is 47.9 Å². The maximum Gasteiger partial charge on any atom is 0.236 e. The molecule has 0 fully saturated rings. The number of nitrogens with zero attached hydrogens (tertiary/aromatic N) is 4. The Morgan fingerprint density at radius 1 is 1.18 bits per heavy atom. The molecule has 0 radical (unpaired) electrons. The Labute approximate surface area is 196 Å². The van der Waals surface area contributed by atoms with Crippen molar-refractivity contribution < 1.29 is 13.6 Å². The molecule has 3 aromatic heterocycles. The molecule has 2 aromatic carbocycles. The van der Waals surface area contributed by atoms with Gasteiger partial charge in [0, 0.05) is 0 Å². The number of amides is 1. The second-order valence-electron chi connectivity index (χ2n) is 7.24. The van der Waals surface area contributed by atoms with Gasteiger partial charge in [-0.3, -0.25) is 9.36 Å². The molecule has 1 N–H and O–H groups in total. The number of benzene rings is 2. The molecule has 166 valence electrons. The molecule has 0 aliphatic rings. The molecule has 3 heterocycles. The van der Waals surface area contributed by atoms with Crippen LogP contribution in [0.25, 0.3) is 21.6 Å². The van der Waals surface area contributed by atoms with E-state index in [2.05, 4.69) is 20.5 Å². The minimum absolute atomic E-state index is 0.127. The molecule has 5 rings (SSSR count). The van der Waals surface area contributed by atoms with Gasteiger partial charge in [0.25, 0.3) is 0 Å². The first-order valence-corrected chi connectivity index (χ1v) is 11.9. The van der Waals surface area contributed by atoms with Crippen LogP contribution in [0.5, 0.6) is 0 Å². The van der Waals surface area contributed by atoms with Crippen LogP contribution >= 0.6 is 23.1 Å². The average molecular weight is 480 g/mol. The lowest BCUT2D eigenvalue weighted by molar-refractivity contribution is -0.113. The number of halogens is 1. The molecule has 0 spiro atoms. The number of aromatic nitrogens is 4. The fourth-order valence-electron chi connectivity index (χ4n) is 3.36. The number of carbonyl (C=O) groups excluding carboxylic acids is 1. The van der Waals surface area contributed by atoms with Crippen molar-refractivity contribution in [1.82, 2.24) is 19.7 Å². The summed E-state index contributed by atoms with van der Waals surface area (Å²) >= 11 is 2.52. The molecule has 7 nitrogen and oxygen atoms in total. The molecule has 0 aliphatic carbocycles. The zero-order valence-electron chi connectivity index (χ0n) is 17.5. The van der Waals surface area contributed by atoms with E-state index in [1.54, 1.807) is 12.3 Å². The van der Waals surface area contributed by atoms with Crippen molar-refractivity contribution in [2.45, 2.75) is 18.6 Å². The van der Waals surface area contributed by atoms with E-state index in [1.165, 1.54) is 35.2 Å². The number of thioether (sulfide) groups is 1. The van der Waals surface area contributed by atoms with Gasteiger partial charge in [-0.05, 0) is 36.8 Å². The van der Waals surface area contributed by atoms with Crippen molar-refractivity contribution >= 4 is 44.4 Å². The third-order valence-electron chi connectivity index (χ3n) is 4.93. The van der Waals surface area contributed by atoms with E-state index in [0.29, 0.717) is 32.9 Å². The molecular formula is C23H18FN5O2S2. The number of thiazole rings is 1. The van der Waals surface area contributed by atoms with Crippen LogP contribution in [-0.2, 0) is 11.3 Å². The van der Waals surface area contributed by atoms with Crippen molar-refractivity contribution in [1.29, 1.82) is 0 Å². The number of nitrogens with one attached hydrogen (secondary N) is 1. The minimum Gasteiger partial charge on any atom is -0.469 e. The van der Waals surface area contributed by atoms with E-state index >= 15 is 0 Å². The summed E-state index contributed by atoms with van der Waals surface area (Å²) in [6, 6.07) is 16.2. The van der Waals surface area contributed by atoms with Crippen molar-refractivity contribution in [2.24, 2.45) is 0 Å². The van der Waals surface area contributed by atoms with Gasteiger partial charge in [0.2, 0.25) is 5.91 Å². The number of anilines is 1. The van der Waals surface area contributed by atoms with Crippen molar-refractivity contribution in [3.63, 3.8) is 0 Å². The molecule has 0 bridgehead atoms. The average Bonchev–Trinajstić information content (AvgIpc) is 3.51. The Bertz CT molecular complexity index is 1430. The highest BCUT2D eigenvalue weighted by Gasteiger charge is 2.19. The summed E-state index contributed by atoms with van der Waals surface area (Å²) < 4.78 is 21.5. The standard InChI is InChI=1S/C23H18FN5O2S2/c1-14-17(9-10-31-14)21-27-28-23(29(21)12-15-5-3-2-4-6-15)32-13-20(30)26-22-25-18-8-7-16(24)11-19(18)33-22/h2-11H,12-13H2,1H3,(H,25,26,30). The maximum atomic E-state index is 13.4. The van der Waals surface area contributed by atoms with Crippen LogP contribution in [-0.4, -0.2) is 31.4 Å². The predicted molar refractivity (Wildman–Crippen MR) is 127 cm³/mol. The molecule has 0 saturated carbocycles. The van der Waals surface area contributed by atoms with Crippen LogP contribution in [0, 0.1) is 12.7 Å². The molecule has 0 unspecified atom stereocenters. The van der Waals surface area contributed by atoms with E-state index in [9.17, 15) is 9.18 Å². The Morgan fingerprint density at radius 2 is 2.03 bits per heavy atom. The van der Waals surface area contributed by atoms with E-state index in [-0.39, 0.29) is 17.5 Å². The lowest BCUT2D eigenvalue weighted by Crippen LogP contribution is -2.14. The topological polar surface area (TPSA) is 85.8 Å². The molecule has 0 aliphatic heterocycles. The number of hydrogen-bond donors (Lipinski definition) is 1. The third-order valence-corrected chi connectivity index (χ3v) is 6.83. The van der Waals surface area contributed by atoms with Gasteiger partial charge in [0.15, 0.2) is 16.1 Å². The second kappa shape index (κ2) is 9.16. The Hall–Kier alpha value is -3.50. The molecule has 0 saturated heterocycles.